The molecule has 0 aliphatic carbocycles. The minimum Gasteiger partial charge on any atom is -0.481 e. The second-order valence-corrected chi connectivity index (χ2v) is 13.0. The van der Waals surface area contributed by atoms with Gasteiger partial charge in [0.15, 0.2) is 0 Å². The highest BCUT2D eigenvalue weighted by Crippen LogP contribution is 2.20. The van der Waals surface area contributed by atoms with Gasteiger partial charge in [0.05, 0.1) is 12.1 Å². The number of nitrogens with zero attached hydrogens (tertiary/aromatic N) is 1. The number of carbonyl (C=O) groups excluding carboxylic acids is 6. The minimum absolute atomic E-state index is 0.00120. The second-order valence-electron chi connectivity index (χ2n) is 13.0. The van der Waals surface area contributed by atoms with E-state index < -0.39 is 127 Å². The summed E-state index contributed by atoms with van der Waals surface area (Å²) in [5.41, 5.74) is 5.53. The molecule has 20 heteroatoms. The summed E-state index contributed by atoms with van der Waals surface area (Å²) < 4.78 is 0. The predicted octanol–water partition coefficient (Wildman–Crippen LogP) is -2.99. The molecule has 1 rings (SSSR count). The molecule has 0 aromatic rings. The van der Waals surface area contributed by atoms with E-state index in [9.17, 15) is 53.4 Å². The molecule has 11 N–H and O–H groups in total. The molecule has 0 aromatic heterocycles. The van der Waals surface area contributed by atoms with Gasteiger partial charge in [-0.25, -0.2) is 4.79 Å². The lowest BCUT2D eigenvalue weighted by molar-refractivity contribution is -0.146. The number of hydrogen-bond acceptors (Lipinski definition) is 11. The number of likely N-dealkylation sites (tertiary alicyclic amines) is 1. The van der Waals surface area contributed by atoms with Crippen molar-refractivity contribution in [1.29, 1.82) is 0 Å². The van der Waals surface area contributed by atoms with Crippen LogP contribution in [0.25, 0.3) is 0 Å². The average molecular weight is 730 g/mol. The summed E-state index contributed by atoms with van der Waals surface area (Å²) in [4.78, 5) is 113. The Balaban J connectivity index is 3.17. The number of carboxylic acid groups (broad SMARTS) is 3. The standard InChI is InChI=1S/C31H51N7O13/c1-14(2)13-20(36-26(45)16(4)33-25(44)15(3)32)28(47)37-24(17(5)39)30(49)38-12-6-7-21(38)29(48)34-18(8-10-22(40)41)27(46)35-19(31(50)51)9-11-23(42)43/h14-21,24,39H,6-13,32H2,1-5H3,(H,33,44)(H,34,48)(H,35,46)(H,36,45)(H,37,47)(H,40,41)(H,42,43)(H,50,51). The fourth-order valence-corrected chi connectivity index (χ4v) is 5.14. The zero-order chi connectivity index (χ0) is 39.2. The van der Waals surface area contributed by atoms with E-state index in [1.165, 1.54) is 20.8 Å². The van der Waals surface area contributed by atoms with Gasteiger partial charge < -0.3 is 57.6 Å². The van der Waals surface area contributed by atoms with Crippen molar-refractivity contribution in [1.82, 2.24) is 31.5 Å². The fourth-order valence-electron chi connectivity index (χ4n) is 5.14. The van der Waals surface area contributed by atoms with Gasteiger partial charge in [-0.05, 0) is 58.8 Å². The van der Waals surface area contributed by atoms with Gasteiger partial charge in [0, 0.05) is 19.4 Å². The highest BCUT2D eigenvalue weighted by atomic mass is 16.4. The van der Waals surface area contributed by atoms with Crippen LogP contribution in [0.1, 0.15) is 79.6 Å². The quantitative estimate of drug-likeness (QED) is 0.0564. The summed E-state index contributed by atoms with van der Waals surface area (Å²) in [7, 11) is 0. The van der Waals surface area contributed by atoms with E-state index in [1.54, 1.807) is 13.8 Å². The Kier molecular flexibility index (Phi) is 18.0. The first-order valence-electron chi connectivity index (χ1n) is 16.6. The molecule has 0 bridgehead atoms. The van der Waals surface area contributed by atoms with Gasteiger partial charge in [0.25, 0.3) is 0 Å². The van der Waals surface area contributed by atoms with E-state index in [-0.39, 0.29) is 25.3 Å². The number of amides is 6. The molecule has 8 atom stereocenters. The van der Waals surface area contributed by atoms with Crippen LogP contribution in [0.2, 0.25) is 0 Å². The molecule has 0 saturated carbocycles. The molecule has 8 unspecified atom stereocenters. The summed E-state index contributed by atoms with van der Waals surface area (Å²) in [6, 6.07) is -9.22. The van der Waals surface area contributed by atoms with Crippen LogP contribution in [0.5, 0.6) is 0 Å². The molecule has 1 saturated heterocycles. The lowest BCUT2D eigenvalue weighted by atomic mass is 10.0. The molecule has 6 amide bonds. The Morgan fingerprint density at radius 2 is 1.24 bits per heavy atom. The summed E-state index contributed by atoms with van der Waals surface area (Å²) in [5, 5.41) is 49.9. The fraction of sp³-hybridized carbons (Fsp3) is 0.710. The molecule has 1 aliphatic rings. The maximum atomic E-state index is 13.7. The maximum Gasteiger partial charge on any atom is 0.326 e. The van der Waals surface area contributed by atoms with Crippen LogP contribution in [0.3, 0.4) is 0 Å². The van der Waals surface area contributed by atoms with Gasteiger partial charge in [0.2, 0.25) is 35.4 Å². The van der Waals surface area contributed by atoms with Crippen molar-refractivity contribution in [2.24, 2.45) is 11.7 Å². The van der Waals surface area contributed by atoms with Crippen molar-refractivity contribution >= 4 is 53.4 Å². The van der Waals surface area contributed by atoms with E-state index in [0.717, 1.165) is 4.90 Å². The third-order valence-corrected chi connectivity index (χ3v) is 7.93. The highest BCUT2D eigenvalue weighted by Gasteiger charge is 2.41. The lowest BCUT2D eigenvalue weighted by Gasteiger charge is -2.32. The van der Waals surface area contributed by atoms with Crippen molar-refractivity contribution in [2.45, 2.75) is 128 Å². The Hall–Kier alpha value is -4.85. The lowest BCUT2D eigenvalue weighted by Crippen LogP contribution is -2.61. The van der Waals surface area contributed by atoms with Gasteiger partial charge in [-0.3, -0.25) is 38.4 Å². The molecule has 1 aliphatic heterocycles. The molecular weight excluding hydrogens is 678 g/mol. The number of aliphatic carboxylic acids is 3. The molecular formula is C31H51N7O13. The van der Waals surface area contributed by atoms with Crippen molar-refractivity contribution < 1.29 is 63.6 Å². The molecule has 20 nitrogen and oxygen atoms in total. The van der Waals surface area contributed by atoms with Crippen molar-refractivity contribution in [2.75, 3.05) is 6.54 Å². The number of aliphatic hydroxyl groups is 1. The Labute approximate surface area is 294 Å². The zero-order valence-corrected chi connectivity index (χ0v) is 29.3. The highest BCUT2D eigenvalue weighted by molar-refractivity contribution is 5.97. The summed E-state index contributed by atoms with van der Waals surface area (Å²) >= 11 is 0. The largest absolute Gasteiger partial charge is 0.481 e. The summed E-state index contributed by atoms with van der Waals surface area (Å²) in [5.74, 6) is -9.31. The van der Waals surface area contributed by atoms with Crippen LogP contribution in [0.15, 0.2) is 0 Å². The van der Waals surface area contributed by atoms with Crippen molar-refractivity contribution in [3.8, 4) is 0 Å². The van der Waals surface area contributed by atoms with Crippen LogP contribution < -0.4 is 32.3 Å². The minimum atomic E-state index is -1.65. The third-order valence-electron chi connectivity index (χ3n) is 7.93. The van der Waals surface area contributed by atoms with Gasteiger partial charge in [-0.15, -0.1) is 0 Å². The molecule has 0 spiro atoms. The van der Waals surface area contributed by atoms with E-state index in [1.807, 2.05) is 0 Å². The van der Waals surface area contributed by atoms with Gasteiger partial charge in [0.1, 0.15) is 36.3 Å². The van der Waals surface area contributed by atoms with Gasteiger partial charge in [-0.2, -0.15) is 0 Å². The number of carbonyl (C=O) groups is 9. The molecule has 0 radical (unpaired) electrons. The monoisotopic (exact) mass is 729 g/mol. The van der Waals surface area contributed by atoms with Gasteiger partial charge in [-0.1, -0.05) is 13.8 Å². The Morgan fingerprint density at radius 3 is 1.73 bits per heavy atom. The van der Waals surface area contributed by atoms with Crippen molar-refractivity contribution in [3.05, 3.63) is 0 Å². The van der Waals surface area contributed by atoms with Crippen LogP contribution in [0, 0.1) is 5.92 Å². The van der Waals surface area contributed by atoms with Crippen LogP contribution >= 0.6 is 0 Å². The molecule has 1 fully saturated rings. The zero-order valence-electron chi connectivity index (χ0n) is 29.3. The molecule has 288 valence electrons. The van der Waals surface area contributed by atoms with Crippen molar-refractivity contribution in [3.63, 3.8) is 0 Å². The summed E-state index contributed by atoms with van der Waals surface area (Å²) in [6.45, 7) is 7.60. The number of carboxylic acids is 3. The second kappa shape index (κ2) is 20.7. The Morgan fingerprint density at radius 1 is 0.706 bits per heavy atom. The molecule has 0 aromatic carbocycles. The molecule has 51 heavy (non-hydrogen) atoms. The van der Waals surface area contributed by atoms with Crippen LogP contribution in [-0.2, 0) is 43.2 Å². The van der Waals surface area contributed by atoms with E-state index in [2.05, 4.69) is 26.6 Å². The number of nitrogens with one attached hydrogen (secondary N) is 5. The normalized spacial score (nSPS) is 18.2. The predicted molar refractivity (Wildman–Crippen MR) is 176 cm³/mol. The van der Waals surface area contributed by atoms with E-state index in [0.29, 0.717) is 6.42 Å². The number of aliphatic hydroxyl groups excluding tert-OH is 1. The summed E-state index contributed by atoms with van der Waals surface area (Å²) in [6.07, 6.45) is -3.17. The first-order chi connectivity index (χ1) is 23.7. The van der Waals surface area contributed by atoms with Gasteiger partial charge >= 0.3 is 17.9 Å². The molecule has 1 heterocycles. The maximum absolute atomic E-state index is 13.7. The number of hydrogen-bond donors (Lipinski definition) is 10. The first kappa shape index (κ1) is 44.2. The van der Waals surface area contributed by atoms with E-state index >= 15 is 0 Å². The smallest absolute Gasteiger partial charge is 0.326 e. The average Bonchev–Trinajstić information content (AvgIpc) is 3.52. The van der Waals surface area contributed by atoms with Crippen LogP contribution in [0.4, 0.5) is 0 Å². The topological polar surface area (TPSA) is 324 Å². The number of nitrogens with two attached hydrogens (primary N) is 1. The van der Waals surface area contributed by atoms with Crippen LogP contribution in [-0.4, -0.2) is 134 Å². The SMILES string of the molecule is CC(C)CC(NC(=O)C(C)NC(=O)C(C)N)C(=O)NC(C(=O)N1CCCC1C(=O)NC(CCC(=O)O)C(=O)NC(CCC(=O)O)C(=O)O)C(C)O. The Bertz CT molecular complexity index is 1310. The van der Waals surface area contributed by atoms with E-state index in [4.69, 9.17) is 15.9 Å². The third kappa shape index (κ3) is 14.9. The number of rotatable bonds is 21. The first-order valence-corrected chi connectivity index (χ1v) is 16.6.